The molecule has 23 heavy (non-hydrogen) atoms. The Morgan fingerprint density at radius 1 is 1.22 bits per heavy atom. The molecule has 0 unspecified atom stereocenters. The van der Waals surface area contributed by atoms with Gasteiger partial charge in [-0.15, -0.1) is 0 Å². The average molecular weight is 359 g/mol. The molecule has 1 amide bonds. The Hall–Kier alpha value is -1.11. The molecule has 1 aliphatic rings. The van der Waals surface area contributed by atoms with Crippen LogP contribution < -0.4 is 0 Å². The molecule has 0 atom stereocenters. The van der Waals surface area contributed by atoms with Gasteiger partial charge in [0.1, 0.15) is 9.84 Å². The van der Waals surface area contributed by atoms with Crippen molar-refractivity contribution in [2.75, 3.05) is 44.7 Å². The Bertz CT molecular complexity index is 676. The lowest BCUT2D eigenvalue weighted by molar-refractivity contribution is 0.0761. The first kappa shape index (κ1) is 18.2. The van der Waals surface area contributed by atoms with Crippen molar-refractivity contribution in [3.8, 4) is 0 Å². The van der Waals surface area contributed by atoms with E-state index in [9.17, 15) is 13.2 Å². The van der Waals surface area contributed by atoms with E-state index in [2.05, 4.69) is 4.90 Å². The molecular weight excluding hydrogens is 336 g/mol. The fourth-order valence-corrected chi connectivity index (χ4v) is 3.55. The normalized spacial score (nSPS) is 17.1. The predicted molar refractivity (Wildman–Crippen MR) is 92.9 cm³/mol. The van der Waals surface area contributed by atoms with Crippen LogP contribution in [0.25, 0.3) is 0 Å². The van der Waals surface area contributed by atoms with Gasteiger partial charge in [0.05, 0.1) is 5.75 Å². The van der Waals surface area contributed by atoms with Crippen molar-refractivity contribution in [3.05, 3.63) is 34.3 Å². The second-order valence-corrected chi connectivity index (χ2v) is 8.77. The number of benzene rings is 1. The zero-order valence-corrected chi connectivity index (χ0v) is 15.2. The number of amides is 1. The van der Waals surface area contributed by atoms with E-state index >= 15 is 0 Å². The molecule has 1 aromatic carbocycles. The van der Waals surface area contributed by atoms with Gasteiger partial charge in [0.15, 0.2) is 0 Å². The topological polar surface area (TPSA) is 57.7 Å². The van der Waals surface area contributed by atoms with Gasteiger partial charge in [-0.2, -0.15) is 0 Å². The van der Waals surface area contributed by atoms with Gasteiger partial charge in [-0.25, -0.2) is 8.42 Å². The average Bonchev–Trinajstić information content (AvgIpc) is 2.69. The molecule has 0 spiro atoms. The summed E-state index contributed by atoms with van der Waals surface area (Å²) in [6, 6.07) is 5.30. The first-order valence-electron chi connectivity index (χ1n) is 7.72. The van der Waals surface area contributed by atoms with Gasteiger partial charge in [-0.3, -0.25) is 4.79 Å². The van der Waals surface area contributed by atoms with E-state index < -0.39 is 9.84 Å². The van der Waals surface area contributed by atoms with E-state index in [-0.39, 0.29) is 11.7 Å². The van der Waals surface area contributed by atoms with Crippen LogP contribution in [-0.4, -0.2) is 68.9 Å². The maximum Gasteiger partial charge on any atom is 0.254 e. The van der Waals surface area contributed by atoms with E-state index in [0.717, 1.165) is 18.5 Å². The van der Waals surface area contributed by atoms with Crippen molar-refractivity contribution in [1.29, 1.82) is 0 Å². The van der Waals surface area contributed by atoms with Gasteiger partial charge in [0, 0.05) is 43.0 Å². The van der Waals surface area contributed by atoms with Crippen molar-refractivity contribution >= 4 is 27.3 Å². The maximum atomic E-state index is 12.7. The molecule has 1 saturated heterocycles. The number of aryl methyl sites for hydroxylation is 1. The van der Waals surface area contributed by atoms with E-state index in [1.165, 1.54) is 6.26 Å². The number of sulfone groups is 1. The minimum absolute atomic E-state index is 0.0177. The molecule has 0 bridgehead atoms. The first-order chi connectivity index (χ1) is 10.8. The van der Waals surface area contributed by atoms with Gasteiger partial charge in [0.25, 0.3) is 5.91 Å². The van der Waals surface area contributed by atoms with Crippen molar-refractivity contribution in [1.82, 2.24) is 9.80 Å². The zero-order valence-electron chi connectivity index (χ0n) is 13.6. The summed E-state index contributed by atoms with van der Waals surface area (Å²) in [5, 5.41) is 0.627. The fourth-order valence-electron chi connectivity index (χ4n) is 2.73. The third kappa shape index (κ3) is 5.48. The van der Waals surface area contributed by atoms with Crippen LogP contribution in [0.2, 0.25) is 5.02 Å². The Morgan fingerprint density at radius 2 is 1.96 bits per heavy atom. The summed E-state index contributed by atoms with van der Waals surface area (Å²) in [7, 11) is -2.95. The molecule has 0 aliphatic carbocycles. The van der Waals surface area contributed by atoms with Gasteiger partial charge >= 0.3 is 0 Å². The highest BCUT2D eigenvalue weighted by Gasteiger charge is 2.21. The molecule has 7 heteroatoms. The molecule has 0 N–H and O–H groups in total. The monoisotopic (exact) mass is 358 g/mol. The maximum absolute atomic E-state index is 12.7. The summed E-state index contributed by atoms with van der Waals surface area (Å²) in [6.07, 6.45) is 2.10. The SMILES string of the molecule is Cc1cc(Cl)ccc1C(=O)N1CCCN(CCS(C)(=O)=O)CC1. The first-order valence-corrected chi connectivity index (χ1v) is 10.2. The van der Waals surface area contributed by atoms with Crippen LogP contribution in [-0.2, 0) is 9.84 Å². The smallest absolute Gasteiger partial charge is 0.254 e. The molecule has 5 nitrogen and oxygen atoms in total. The standard InChI is InChI=1S/C16H23ClN2O3S/c1-13-12-14(17)4-5-15(13)16(20)19-7-3-6-18(8-9-19)10-11-23(2,21)22/h4-5,12H,3,6-11H2,1-2H3. The Kier molecular flexibility index (Phi) is 6.06. The molecule has 0 aromatic heterocycles. The van der Waals surface area contributed by atoms with E-state index in [1.54, 1.807) is 18.2 Å². The summed E-state index contributed by atoms with van der Waals surface area (Å²) < 4.78 is 22.6. The van der Waals surface area contributed by atoms with Crippen LogP contribution in [0, 0.1) is 6.92 Å². The molecule has 1 aromatic rings. The van der Waals surface area contributed by atoms with Crippen molar-refractivity contribution in [2.24, 2.45) is 0 Å². The molecule has 0 radical (unpaired) electrons. The van der Waals surface area contributed by atoms with Gasteiger partial charge < -0.3 is 9.80 Å². The highest BCUT2D eigenvalue weighted by molar-refractivity contribution is 7.90. The lowest BCUT2D eigenvalue weighted by Gasteiger charge is -2.22. The molecule has 1 aliphatic heterocycles. The Morgan fingerprint density at radius 3 is 2.61 bits per heavy atom. The number of carbonyl (C=O) groups excluding carboxylic acids is 1. The second kappa shape index (κ2) is 7.64. The lowest BCUT2D eigenvalue weighted by Crippen LogP contribution is -2.36. The Balaban J connectivity index is 1.98. The summed E-state index contributed by atoms with van der Waals surface area (Å²) in [6.45, 7) is 5.24. The van der Waals surface area contributed by atoms with Crippen molar-refractivity contribution in [3.63, 3.8) is 0 Å². The summed E-state index contributed by atoms with van der Waals surface area (Å²) in [4.78, 5) is 16.6. The van der Waals surface area contributed by atoms with Crippen molar-refractivity contribution < 1.29 is 13.2 Å². The van der Waals surface area contributed by atoms with Crippen LogP contribution in [0.4, 0.5) is 0 Å². The van der Waals surface area contributed by atoms with Gasteiger partial charge in [-0.05, 0) is 43.7 Å². The minimum Gasteiger partial charge on any atom is -0.337 e. The lowest BCUT2D eigenvalue weighted by atomic mass is 10.1. The van der Waals surface area contributed by atoms with Crippen LogP contribution in [0.5, 0.6) is 0 Å². The molecular formula is C16H23ClN2O3S. The van der Waals surface area contributed by atoms with Crippen LogP contribution in [0.1, 0.15) is 22.3 Å². The molecule has 2 rings (SSSR count). The third-order valence-corrected chi connectivity index (χ3v) is 5.23. The largest absolute Gasteiger partial charge is 0.337 e. The number of carbonyl (C=O) groups is 1. The van der Waals surface area contributed by atoms with E-state index in [4.69, 9.17) is 11.6 Å². The number of halogens is 1. The quantitative estimate of drug-likeness (QED) is 0.824. The highest BCUT2D eigenvalue weighted by Crippen LogP contribution is 2.18. The minimum atomic E-state index is -2.95. The van der Waals surface area contributed by atoms with Crippen molar-refractivity contribution in [2.45, 2.75) is 13.3 Å². The zero-order chi connectivity index (χ0) is 17.0. The predicted octanol–water partition coefficient (Wildman–Crippen LogP) is 1.84. The summed E-state index contributed by atoms with van der Waals surface area (Å²) in [5.41, 5.74) is 1.56. The fraction of sp³-hybridized carbons (Fsp3) is 0.562. The molecule has 128 valence electrons. The van der Waals surface area contributed by atoms with Crippen LogP contribution >= 0.6 is 11.6 Å². The molecule has 1 heterocycles. The van der Waals surface area contributed by atoms with Crippen LogP contribution in [0.3, 0.4) is 0 Å². The highest BCUT2D eigenvalue weighted by atomic mass is 35.5. The molecule has 0 saturated carbocycles. The molecule has 1 fully saturated rings. The number of hydrogen-bond acceptors (Lipinski definition) is 4. The number of rotatable bonds is 4. The summed E-state index contributed by atoms with van der Waals surface area (Å²) in [5.74, 6) is 0.182. The number of nitrogens with zero attached hydrogens (tertiary/aromatic N) is 2. The number of hydrogen-bond donors (Lipinski definition) is 0. The summed E-state index contributed by atoms with van der Waals surface area (Å²) >= 11 is 5.94. The third-order valence-electron chi connectivity index (χ3n) is 4.07. The Labute approximate surface area is 143 Å². The van der Waals surface area contributed by atoms with Gasteiger partial charge in [-0.1, -0.05) is 11.6 Å². The van der Waals surface area contributed by atoms with E-state index in [0.29, 0.717) is 36.8 Å². The van der Waals surface area contributed by atoms with E-state index in [1.807, 2.05) is 11.8 Å². The van der Waals surface area contributed by atoms with Gasteiger partial charge in [0.2, 0.25) is 0 Å². The van der Waals surface area contributed by atoms with Crippen LogP contribution in [0.15, 0.2) is 18.2 Å². The second-order valence-electron chi connectivity index (χ2n) is 6.08.